The van der Waals surface area contributed by atoms with E-state index >= 15 is 0 Å². The van der Waals surface area contributed by atoms with Gasteiger partial charge in [-0.15, -0.1) is 12.4 Å². The fourth-order valence-electron chi connectivity index (χ4n) is 0.945. The highest BCUT2D eigenvalue weighted by molar-refractivity contribution is 5.91. The molecule has 5 heteroatoms. The van der Waals surface area contributed by atoms with Gasteiger partial charge in [-0.1, -0.05) is 0 Å². The fraction of sp³-hybridized carbons (Fsp3) is 0.111. The molecule has 0 atom stereocenters. The molecule has 0 unspecified atom stereocenters. The first-order valence-electron chi connectivity index (χ1n) is 3.50. The van der Waals surface area contributed by atoms with Crippen molar-refractivity contribution in [2.75, 3.05) is 7.11 Å². The molecule has 1 aromatic rings. The van der Waals surface area contributed by atoms with Crippen LogP contribution in [0.25, 0.3) is 0 Å². The minimum Gasteiger partial charge on any atom is -0.496 e. The van der Waals surface area contributed by atoms with E-state index < -0.39 is 5.97 Å². The van der Waals surface area contributed by atoms with E-state index in [4.69, 9.17) is 15.1 Å². The third-order valence-electron chi connectivity index (χ3n) is 1.56. The van der Waals surface area contributed by atoms with Crippen LogP contribution in [0.3, 0.4) is 0 Å². The molecule has 0 radical (unpaired) electrons. The zero-order valence-electron chi connectivity index (χ0n) is 7.35. The third-order valence-corrected chi connectivity index (χ3v) is 1.56. The van der Waals surface area contributed by atoms with Gasteiger partial charge in [0.05, 0.1) is 18.7 Å². The number of methoxy groups -OCH3 is 1. The van der Waals surface area contributed by atoms with E-state index in [9.17, 15) is 4.79 Å². The summed E-state index contributed by atoms with van der Waals surface area (Å²) >= 11 is 0. The predicted molar refractivity (Wildman–Crippen MR) is 51.9 cm³/mol. The third kappa shape index (κ3) is 2.38. The van der Waals surface area contributed by atoms with Gasteiger partial charge in [-0.2, -0.15) is 5.26 Å². The van der Waals surface area contributed by atoms with E-state index in [2.05, 4.69) is 0 Å². The Balaban J connectivity index is 0.00000169. The van der Waals surface area contributed by atoms with E-state index in [0.717, 1.165) is 0 Å². The van der Waals surface area contributed by atoms with Gasteiger partial charge in [0.15, 0.2) is 0 Å². The molecule has 0 saturated heterocycles. The maximum absolute atomic E-state index is 10.7. The largest absolute Gasteiger partial charge is 0.496 e. The SMILES string of the molecule is COc1ccc(C#N)cc1C(=O)O.Cl. The summed E-state index contributed by atoms with van der Waals surface area (Å²) in [6, 6.07) is 6.10. The highest BCUT2D eigenvalue weighted by Crippen LogP contribution is 2.19. The summed E-state index contributed by atoms with van der Waals surface area (Å²) in [4.78, 5) is 10.7. The van der Waals surface area contributed by atoms with Crippen molar-refractivity contribution in [3.63, 3.8) is 0 Å². The normalized spacial score (nSPS) is 8.29. The topological polar surface area (TPSA) is 70.3 Å². The van der Waals surface area contributed by atoms with Gasteiger partial charge in [-0.05, 0) is 18.2 Å². The lowest BCUT2D eigenvalue weighted by Gasteiger charge is -2.03. The number of ether oxygens (including phenoxy) is 1. The number of carbonyl (C=O) groups is 1. The average molecular weight is 214 g/mol. The standard InChI is InChI=1S/C9H7NO3.ClH/c1-13-8-3-2-6(5-10)4-7(8)9(11)12;/h2-4H,1H3,(H,11,12);1H. The van der Waals surface area contributed by atoms with Crippen LogP contribution in [0.4, 0.5) is 0 Å². The number of hydrogen-bond acceptors (Lipinski definition) is 3. The molecular weight excluding hydrogens is 206 g/mol. The number of carboxylic acid groups (broad SMARTS) is 1. The van der Waals surface area contributed by atoms with Gasteiger partial charge in [-0.3, -0.25) is 0 Å². The molecule has 0 aliphatic heterocycles. The second-order valence-electron chi connectivity index (χ2n) is 2.33. The number of nitrogens with zero attached hydrogens (tertiary/aromatic N) is 1. The molecule has 0 amide bonds. The molecule has 0 saturated carbocycles. The second-order valence-corrected chi connectivity index (χ2v) is 2.33. The quantitative estimate of drug-likeness (QED) is 0.812. The van der Waals surface area contributed by atoms with Crippen LogP contribution in [-0.4, -0.2) is 18.2 Å². The number of rotatable bonds is 2. The molecular formula is C9H8ClNO3. The highest BCUT2D eigenvalue weighted by atomic mass is 35.5. The molecule has 1 aromatic carbocycles. The Morgan fingerprint density at radius 3 is 2.64 bits per heavy atom. The van der Waals surface area contributed by atoms with Crippen LogP contribution in [0.2, 0.25) is 0 Å². The molecule has 0 spiro atoms. The van der Waals surface area contributed by atoms with E-state index in [1.165, 1.54) is 25.3 Å². The van der Waals surface area contributed by atoms with Crippen molar-refractivity contribution in [1.82, 2.24) is 0 Å². The fourth-order valence-corrected chi connectivity index (χ4v) is 0.945. The van der Waals surface area contributed by atoms with Crippen LogP contribution in [0.1, 0.15) is 15.9 Å². The number of hydrogen-bond donors (Lipinski definition) is 1. The Morgan fingerprint density at radius 1 is 1.57 bits per heavy atom. The summed E-state index contributed by atoms with van der Waals surface area (Å²) in [6.45, 7) is 0. The number of aromatic carboxylic acids is 1. The Kier molecular flexibility index (Phi) is 4.47. The van der Waals surface area contributed by atoms with Gasteiger partial charge in [-0.25, -0.2) is 4.79 Å². The van der Waals surface area contributed by atoms with Gasteiger partial charge in [0.2, 0.25) is 0 Å². The molecule has 1 rings (SSSR count). The summed E-state index contributed by atoms with van der Waals surface area (Å²) in [7, 11) is 1.38. The first kappa shape index (κ1) is 12.3. The Hall–Kier alpha value is -1.73. The minimum atomic E-state index is -1.10. The maximum atomic E-state index is 10.7. The minimum absolute atomic E-state index is 0. The molecule has 0 aromatic heterocycles. The molecule has 1 N–H and O–H groups in total. The smallest absolute Gasteiger partial charge is 0.339 e. The molecule has 0 bridgehead atoms. The average Bonchev–Trinajstić information content (AvgIpc) is 2.16. The van der Waals surface area contributed by atoms with Gasteiger partial charge in [0.1, 0.15) is 11.3 Å². The van der Waals surface area contributed by atoms with Crippen molar-refractivity contribution in [1.29, 1.82) is 5.26 Å². The molecule has 0 aliphatic rings. The first-order valence-corrected chi connectivity index (χ1v) is 3.50. The summed E-state index contributed by atoms with van der Waals surface area (Å²) in [5, 5.41) is 17.3. The van der Waals surface area contributed by atoms with Crippen LogP contribution in [0, 0.1) is 11.3 Å². The van der Waals surface area contributed by atoms with Gasteiger partial charge < -0.3 is 9.84 Å². The Bertz CT molecular complexity index is 384. The van der Waals surface area contributed by atoms with Crippen molar-refractivity contribution in [3.8, 4) is 11.8 Å². The number of halogens is 1. The van der Waals surface area contributed by atoms with Crippen LogP contribution < -0.4 is 4.74 Å². The van der Waals surface area contributed by atoms with Gasteiger partial charge in [0, 0.05) is 0 Å². The zero-order chi connectivity index (χ0) is 9.84. The summed E-state index contributed by atoms with van der Waals surface area (Å²) in [5.41, 5.74) is 0.305. The van der Waals surface area contributed by atoms with E-state index in [1.54, 1.807) is 0 Å². The van der Waals surface area contributed by atoms with Crippen molar-refractivity contribution in [3.05, 3.63) is 29.3 Å². The second kappa shape index (κ2) is 5.10. The summed E-state index contributed by atoms with van der Waals surface area (Å²) < 4.78 is 4.82. The lowest BCUT2D eigenvalue weighted by Crippen LogP contribution is -2.00. The number of nitriles is 1. The molecule has 4 nitrogen and oxygen atoms in total. The molecule has 14 heavy (non-hydrogen) atoms. The first-order chi connectivity index (χ1) is 6.19. The van der Waals surface area contributed by atoms with Gasteiger partial charge in [0.25, 0.3) is 0 Å². The Labute approximate surface area is 87.1 Å². The van der Waals surface area contributed by atoms with Crippen molar-refractivity contribution >= 4 is 18.4 Å². The van der Waals surface area contributed by atoms with Crippen LogP contribution >= 0.6 is 12.4 Å². The van der Waals surface area contributed by atoms with E-state index in [1.807, 2.05) is 6.07 Å². The predicted octanol–water partition coefficient (Wildman–Crippen LogP) is 1.69. The monoisotopic (exact) mass is 213 g/mol. The van der Waals surface area contributed by atoms with E-state index in [0.29, 0.717) is 5.56 Å². The molecule has 0 fully saturated rings. The molecule has 74 valence electrons. The highest BCUT2D eigenvalue weighted by Gasteiger charge is 2.10. The van der Waals surface area contributed by atoms with Crippen LogP contribution in [0.5, 0.6) is 5.75 Å². The Morgan fingerprint density at radius 2 is 2.21 bits per heavy atom. The zero-order valence-corrected chi connectivity index (χ0v) is 8.17. The summed E-state index contributed by atoms with van der Waals surface area (Å²) in [6.07, 6.45) is 0. The van der Waals surface area contributed by atoms with Gasteiger partial charge >= 0.3 is 5.97 Å². The van der Waals surface area contributed by atoms with Crippen molar-refractivity contribution in [2.24, 2.45) is 0 Å². The molecule has 0 heterocycles. The van der Waals surface area contributed by atoms with E-state index in [-0.39, 0.29) is 23.7 Å². The molecule has 0 aliphatic carbocycles. The van der Waals surface area contributed by atoms with Crippen LogP contribution in [-0.2, 0) is 0 Å². The number of benzene rings is 1. The van der Waals surface area contributed by atoms with Crippen LogP contribution in [0.15, 0.2) is 18.2 Å². The number of carboxylic acids is 1. The lowest BCUT2D eigenvalue weighted by atomic mass is 10.1. The lowest BCUT2D eigenvalue weighted by molar-refractivity contribution is 0.0693. The maximum Gasteiger partial charge on any atom is 0.339 e. The van der Waals surface area contributed by atoms with Crippen molar-refractivity contribution < 1.29 is 14.6 Å². The van der Waals surface area contributed by atoms with Crippen molar-refractivity contribution in [2.45, 2.75) is 0 Å². The summed E-state index contributed by atoms with van der Waals surface area (Å²) in [5.74, 6) is -0.847.